The molecular weight excluding hydrogens is 469 g/mol. The second kappa shape index (κ2) is 9.53. The summed E-state index contributed by atoms with van der Waals surface area (Å²) in [7, 11) is 0. The predicted molar refractivity (Wildman–Crippen MR) is 131 cm³/mol. The van der Waals surface area contributed by atoms with Gasteiger partial charge in [-0.05, 0) is 50.3 Å². The number of benzene rings is 1. The van der Waals surface area contributed by atoms with E-state index < -0.39 is 23.1 Å². The van der Waals surface area contributed by atoms with E-state index in [0.717, 1.165) is 25.9 Å². The maximum atomic E-state index is 15.3. The molecular formula is C26H33F3N6O. The van der Waals surface area contributed by atoms with E-state index in [1.807, 2.05) is 4.90 Å². The molecule has 3 fully saturated rings. The van der Waals surface area contributed by atoms with E-state index in [1.54, 1.807) is 4.90 Å². The van der Waals surface area contributed by atoms with E-state index in [-0.39, 0.29) is 23.6 Å². The number of anilines is 2. The van der Waals surface area contributed by atoms with Crippen LogP contribution >= 0.6 is 0 Å². The number of aromatic nitrogens is 2. The first-order valence-corrected chi connectivity index (χ1v) is 12.6. The number of hydrogen-bond donors (Lipinski definition) is 1. The van der Waals surface area contributed by atoms with E-state index in [0.29, 0.717) is 50.4 Å². The Kier molecular flexibility index (Phi) is 6.57. The molecule has 0 saturated carbocycles. The highest BCUT2D eigenvalue weighted by Crippen LogP contribution is 2.34. The number of carbonyl (C=O) groups is 1. The number of hydrogen-bond acceptors (Lipinski definition) is 6. The normalized spacial score (nSPS) is 22.1. The number of halogens is 3. The maximum absolute atomic E-state index is 15.3. The Hall–Kier alpha value is -2.88. The van der Waals surface area contributed by atoms with Crippen molar-refractivity contribution in [3.05, 3.63) is 47.7 Å². The number of likely N-dealkylation sites (tertiary alicyclic amines) is 1. The molecule has 0 atom stereocenters. The highest BCUT2D eigenvalue weighted by molar-refractivity contribution is 5.84. The number of piperidine rings is 2. The van der Waals surface area contributed by atoms with Crippen molar-refractivity contribution in [3.8, 4) is 0 Å². The summed E-state index contributed by atoms with van der Waals surface area (Å²) in [5.74, 6) is -1.28. The van der Waals surface area contributed by atoms with E-state index in [2.05, 4.69) is 34.0 Å². The molecule has 1 aromatic heterocycles. The molecule has 3 aliphatic heterocycles. The number of rotatable bonds is 4. The Balaban J connectivity index is 1.28. The van der Waals surface area contributed by atoms with Crippen molar-refractivity contribution in [2.24, 2.45) is 5.41 Å². The van der Waals surface area contributed by atoms with E-state index in [9.17, 15) is 9.18 Å². The SMILES string of the molecule is CC1(C)CCN(Cc2cc(F)c(N3CC(=O)NC4(CCN(c5cc(F)ncn5)CC4)C3)cc2F)CC1. The Morgan fingerprint density at radius 1 is 0.917 bits per heavy atom. The molecule has 1 aromatic carbocycles. The third kappa shape index (κ3) is 5.28. The minimum absolute atomic E-state index is 0.0283. The molecule has 36 heavy (non-hydrogen) atoms. The lowest BCUT2D eigenvalue weighted by atomic mass is 9.82. The molecule has 194 valence electrons. The summed E-state index contributed by atoms with van der Waals surface area (Å²) >= 11 is 0. The standard InChI is InChI=1S/C26H33F3N6O/c1-25(2)3-7-33(8-4-25)14-18-11-20(28)21(12-19(18)27)35-15-24(36)32-26(16-35)5-9-34(10-6-26)23-13-22(29)30-17-31-23/h11-13,17H,3-10,14-16H2,1-2H3,(H,32,36). The molecule has 2 aromatic rings. The van der Waals surface area contributed by atoms with E-state index >= 15 is 8.78 Å². The zero-order valence-corrected chi connectivity index (χ0v) is 20.9. The second-order valence-corrected chi connectivity index (χ2v) is 11.2. The maximum Gasteiger partial charge on any atom is 0.240 e. The molecule has 0 radical (unpaired) electrons. The molecule has 0 bridgehead atoms. The van der Waals surface area contributed by atoms with Crippen LogP contribution in [-0.2, 0) is 11.3 Å². The Labute approximate surface area is 209 Å². The number of piperazine rings is 1. The van der Waals surface area contributed by atoms with Crippen molar-refractivity contribution in [2.75, 3.05) is 49.1 Å². The molecule has 4 heterocycles. The average Bonchev–Trinajstić information content (AvgIpc) is 2.82. The van der Waals surface area contributed by atoms with Gasteiger partial charge in [-0.25, -0.2) is 18.7 Å². The van der Waals surface area contributed by atoms with Gasteiger partial charge in [0.05, 0.1) is 17.8 Å². The molecule has 3 saturated heterocycles. The summed E-state index contributed by atoms with van der Waals surface area (Å²) in [6.45, 7) is 8.03. The fourth-order valence-corrected chi connectivity index (χ4v) is 5.58. The highest BCUT2D eigenvalue weighted by atomic mass is 19.1. The fourth-order valence-electron chi connectivity index (χ4n) is 5.58. The zero-order valence-electron chi connectivity index (χ0n) is 20.9. The molecule has 3 aliphatic rings. The van der Waals surface area contributed by atoms with Gasteiger partial charge in [0.15, 0.2) is 0 Å². The molecule has 5 rings (SSSR count). The molecule has 7 nitrogen and oxygen atoms in total. The van der Waals surface area contributed by atoms with Crippen LogP contribution in [0.15, 0.2) is 24.5 Å². The molecule has 1 spiro atoms. The van der Waals surface area contributed by atoms with Crippen LogP contribution in [0.3, 0.4) is 0 Å². The van der Waals surface area contributed by atoms with E-state index in [4.69, 9.17) is 0 Å². The lowest BCUT2D eigenvalue weighted by molar-refractivity contribution is -0.123. The van der Waals surface area contributed by atoms with Crippen LogP contribution < -0.4 is 15.1 Å². The molecule has 0 unspecified atom stereocenters. The van der Waals surface area contributed by atoms with Crippen molar-refractivity contribution >= 4 is 17.4 Å². The van der Waals surface area contributed by atoms with Gasteiger partial charge in [-0.1, -0.05) is 13.8 Å². The molecule has 1 amide bonds. The zero-order chi connectivity index (χ0) is 25.5. The van der Waals surface area contributed by atoms with Crippen molar-refractivity contribution < 1.29 is 18.0 Å². The minimum Gasteiger partial charge on any atom is -0.357 e. The van der Waals surface area contributed by atoms with Gasteiger partial charge in [0, 0.05) is 43.9 Å². The van der Waals surface area contributed by atoms with Gasteiger partial charge >= 0.3 is 0 Å². The molecule has 1 N–H and O–H groups in total. The van der Waals surface area contributed by atoms with Gasteiger partial charge in [0.25, 0.3) is 0 Å². The third-order valence-electron chi connectivity index (χ3n) is 7.96. The first-order chi connectivity index (χ1) is 17.1. The summed E-state index contributed by atoms with van der Waals surface area (Å²) in [6, 6.07) is 3.81. The smallest absolute Gasteiger partial charge is 0.240 e. The summed E-state index contributed by atoms with van der Waals surface area (Å²) in [4.78, 5) is 26.0. The van der Waals surface area contributed by atoms with Crippen LogP contribution in [0.5, 0.6) is 0 Å². The fraction of sp³-hybridized carbons (Fsp3) is 0.577. The lowest BCUT2D eigenvalue weighted by Crippen LogP contribution is -2.66. The number of carbonyl (C=O) groups excluding carboxylic acids is 1. The summed E-state index contributed by atoms with van der Waals surface area (Å²) in [6.07, 6.45) is 4.41. The highest BCUT2D eigenvalue weighted by Gasteiger charge is 2.42. The van der Waals surface area contributed by atoms with Crippen molar-refractivity contribution in [2.45, 2.75) is 51.6 Å². The van der Waals surface area contributed by atoms with Crippen LogP contribution in [-0.4, -0.2) is 65.6 Å². The number of nitrogens with one attached hydrogen (secondary N) is 1. The van der Waals surface area contributed by atoms with Crippen LogP contribution in [0.4, 0.5) is 24.7 Å². The Morgan fingerprint density at radius 3 is 2.33 bits per heavy atom. The molecule has 10 heteroatoms. The van der Waals surface area contributed by atoms with Gasteiger partial charge < -0.3 is 15.1 Å². The first kappa shape index (κ1) is 24.8. The Morgan fingerprint density at radius 2 is 1.64 bits per heavy atom. The largest absolute Gasteiger partial charge is 0.357 e. The second-order valence-electron chi connectivity index (χ2n) is 11.2. The topological polar surface area (TPSA) is 64.6 Å². The number of amides is 1. The van der Waals surface area contributed by atoms with Crippen molar-refractivity contribution in [1.29, 1.82) is 0 Å². The summed E-state index contributed by atoms with van der Waals surface area (Å²) < 4.78 is 43.9. The summed E-state index contributed by atoms with van der Waals surface area (Å²) in [5.41, 5.74) is 0.179. The van der Waals surface area contributed by atoms with Crippen LogP contribution in [0, 0.1) is 23.0 Å². The van der Waals surface area contributed by atoms with Crippen molar-refractivity contribution in [1.82, 2.24) is 20.2 Å². The van der Waals surface area contributed by atoms with Crippen LogP contribution in [0.25, 0.3) is 0 Å². The third-order valence-corrected chi connectivity index (χ3v) is 7.96. The quantitative estimate of drug-likeness (QED) is 0.646. The Bertz CT molecular complexity index is 1120. The van der Waals surface area contributed by atoms with Crippen molar-refractivity contribution in [3.63, 3.8) is 0 Å². The average molecular weight is 503 g/mol. The summed E-state index contributed by atoms with van der Waals surface area (Å²) in [5, 5.41) is 3.08. The first-order valence-electron chi connectivity index (χ1n) is 12.6. The monoisotopic (exact) mass is 502 g/mol. The van der Waals surface area contributed by atoms with Gasteiger partial charge in [-0.15, -0.1) is 0 Å². The van der Waals surface area contributed by atoms with Crippen LogP contribution in [0.2, 0.25) is 0 Å². The van der Waals surface area contributed by atoms with Gasteiger partial charge in [0.2, 0.25) is 11.9 Å². The van der Waals surface area contributed by atoms with Crippen LogP contribution in [0.1, 0.15) is 45.1 Å². The van der Waals surface area contributed by atoms with E-state index in [1.165, 1.54) is 24.5 Å². The lowest BCUT2D eigenvalue weighted by Gasteiger charge is -2.48. The minimum atomic E-state index is -0.595. The number of nitrogens with zero attached hydrogens (tertiary/aromatic N) is 5. The molecule has 0 aliphatic carbocycles. The predicted octanol–water partition coefficient (Wildman–Crippen LogP) is 3.49. The van der Waals surface area contributed by atoms with Gasteiger partial charge in [-0.3, -0.25) is 9.69 Å². The van der Waals surface area contributed by atoms with Gasteiger partial charge in [0.1, 0.15) is 23.8 Å². The van der Waals surface area contributed by atoms with Gasteiger partial charge in [-0.2, -0.15) is 4.39 Å².